The van der Waals surface area contributed by atoms with E-state index in [9.17, 15) is 0 Å². The molecular formula is C97H60O2. The smallest absolute Gasteiger partial charge is 0.136 e. The molecule has 0 saturated heterocycles. The van der Waals surface area contributed by atoms with Crippen LogP contribution in [0.1, 0.15) is 11.1 Å². The van der Waals surface area contributed by atoms with Gasteiger partial charge in [0.25, 0.3) is 0 Å². The summed E-state index contributed by atoms with van der Waals surface area (Å²) < 4.78 is 13.8. The molecule has 0 aliphatic heterocycles. The van der Waals surface area contributed by atoms with Crippen LogP contribution in [0, 0.1) is 6.92 Å². The number of allylic oxidation sites excluding steroid dienone is 2. The van der Waals surface area contributed by atoms with Gasteiger partial charge < -0.3 is 8.83 Å². The molecule has 2 heterocycles. The summed E-state index contributed by atoms with van der Waals surface area (Å²) in [6, 6.07) is 117. The fraction of sp³-hybridized carbons (Fsp3) is 0.0103. The normalized spacial score (nSPS) is 12.1. The molecule has 0 bridgehead atoms. The highest BCUT2D eigenvalue weighted by Crippen LogP contribution is 2.52. The molecule has 0 spiro atoms. The minimum absolute atomic E-state index is 0.849. The molecule has 0 atom stereocenters. The predicted molar refractivity (Wildman–Crippen MR) is 423 cm³/mol. The number of benzene rings is 18. The number of aryl methyl sites for hydroxylation is 1. The molecule has 20 aromatic rings. The highest BCUT2D eigenvalue weighted by Gasteiger charge is 2.25. The summed E-state index contributed by atoms with van der Waals surface area (Å²) in [4.78, 5) is 0. The van der Waals surface area contributed by atoms with Crippen LogP contribution in [0.15, 0.2) is 343 Å². The maximum atomic E-state index is 6.91. The first-order chi connectivity index (χ1) is 48.9. The van der Waals surface area contributed by atoms with Crippen molar-refractivity contribution in [1.29, 1.82) is 0 Å². The monoisotopic (exact) mass is 1260 g/mol. The Morgan fingerprint density at radius 3 is 1.16 bits per heavy atom. The van der Waals surface area contributed by atoms with E-state index in [0.29, 0.717) is 0 Å². The first-order valence-corrected chi connectivity index (χ1v) is 34.1. The standard InChI is InChI=1S/C97H60O2/c1-3-4-20-61-51-86-76-41-39-68(56-91(76)98-90(86)49-58(61)2)94-78-31-16-18-33-80(78)96(82-47-45-70(60-22-6-5-7-23-60)72-27-12-14-29-74(72)82)84-43-37-65(53-88(84)94)66-38-44-85-89(54-66)95(69-40-42-77-87-52-63-25-10-11-26-64(63)55-93(87)99-92(77)57-69)79-32-17-19-34-81(79)97(85)83-48-46-71(73-28-13-15-30-75(73)83)67-36-35-59-21-8-9-24-62(59)50-67/h3-57H,1H2,2H3/b20-4-. The van der Waals surface area contributed by atoms with Crippen molar-refractivity contribution >= 4 is 136 Å². The molecule has 0 amide bonds. The molecular weight excluding hydrogens is 1200 g/mol. The topological polar surface area (TPSA) is 26.3 Å². The van der Waals surface area contributed by atoms with Crippen LogP contribution in [0.3, 0.4) is 0 Å². The van der Waals surface area contributed by atoms with E-state index in [-0.39, 0.29) is 0 Å². The molecule has 0 aliphatic rings. The van der Waals surface area contributed by atoms with Crippen molar-refractivity contribution in [3.05, 3.63) is 345 Å². The predicted octanol–water partition coefficient (Wildman–Crippen LogP) is 27.9. The van der Waals surface area contributed by atoms with Gasteiger partial charge in [-0.1, -0.05) is 274 Å². The van der Waals surface area contributed by atoms with Crippen LogP contribution < -0.4 is 0 Å². The third kappa shape index (κ3) is 8.97. The second kappa shape index (κ2) is 22.4. The van der Waals surface area contributed by atoms with Crippen molar-refractivity contribution in [2.45, 2.75) is 6.92 Å². The van der Waals surface area contributed by atoms with Gasteiger partial charge in [-0.2, -0.15) is 0 Å². The van der Waals surface area contributed by atoms with Gasteiger partial charge in [0.2, 0.25) is 0 Å². The van der Waals surface area contributed by atoms with Gasteiger partial charge in [-0.3, -0.25) is 0 Å². The van der Waals surface area contributed by atoms with Crippen LogP contribution >= 0.6 is 0 Å². The first-order valence-electron chi connectivity index (χ1n) is 34.1. The van der Waals surface area contributed by atoms with Crippen LogP contribution in [-0.2, 0) is 0 Å². The summed E-state index contributed by atoms with van der Waals surface area (Å²) >= 11 is 0. The summed E-state index contributed by atoms with van der Waals surface area (Å²) in [7, 11) is 0. The van der Waals surface area contributed by atoms with Gasteiger partial charge in [-0.15, -0.1) is 0 Å². The van der Waals surface area contributed by atoms with Crippen molar-refractivity contribution in [2.75, 3.05) is 0 Å². The molecule has 0 unspecified atom stereocenters. The maximum Gasteiger partial charge on any atom is 0.136 e. The zero-order valence-corrected chi connectivity index (χ0v) is 54.3. The van der Waals surface area contributed by atoms with Gasteiger partial charge in [0.05, 0.1) is 0 Å². The average Bonchev–Trinajstić information content (AvgIpc) is 1.19. The van der Waals surface area contributed by atoms with Crippen LogP contribution in [-0.4, -0.2) is 0 Å². The first kappa shape index (κ1) is 56.5. The van der Waals surface area contributed by atoms with Gasteiger partial charge in [0.1, 0.15) is 22.3 Å². The van der Waals surface area contributed by atoms with E-state index in [2.05, 4.69) is 335 Å². The Morgan fingerprint density at radius 2 is 0.616 bits per heavy atom. The molecule has 99 heavy (non-hydrogen) atoms. The average molecular weight is 1260 g/mol. The lowest BCUT2D eigenvalue weighted by Gasteiger charge is -2.21. The highest BCUT2D eigenvalue weighted by atomic mass is 16.3. The molecule has 0 saturated carbocycles. The van der Waals surface area contributed by atoms with E-state index in [1.165, 1.54) is 115 Å². The molecule has 18 aromatic carbocycles. The Kier molecular flexibility index (Phi) is 12.8. The van der Waals surface area contributed by atoms with Crippen LogP contribution in [0.5, 0.6) is 0 Å². The Labute approximate surface area is 571 Å². The lowest BCUT2D eigenvalue weighted by atomic mass is 9.82. The second-order valence-corrected chi connectivity index (χ2v) is 26.6. The van der Waals surface area contributed by atoms with Crippen molar-refractivity contribution in [2.24, 2.45) is 0 Å². The number of furan rings is 2. The Morgan fingerprint density at radius 1 is 0.232 bits per heavy atom. The van der Waals surface area contributed by atoms with E-state index >= 15 is 0 Å². The summed E-state index contributed by atoms with van der Waals surface area (Å²) in [6.07, 6.45) is 5.95. The third-order valence-corrected chi connectivity index (χ3v) is 21.1. The van der Waals surface area contributed by atoms with Gasteiger partial charge in [0.15, 0.2) is 0 Å². The SMILES string of the molecule is C=C/C=C\c1cc2c(cc1C)oc1cc(-c3c4ccccc4c(-c4ccc(-c5ccccc5)c5ccccc45)c4ccc(-c5ccc6c(-c7ccc(-c8ccc9ccccc9c8)c8ccccc78)c7ccccc7c(-c7ccc8c(c7)oc7cc9ccccc9cc78)c6c5)cc34)ccc12. The van der Waals surface area contributed by atoms with Crippen LogP contribution in [0.25, 0.3) is 214 Å². The fourth-order valence-electron chi connectivity index (χ4n) is 16.5. The third-order valence-electron chi connectivity index (χ3n) is 21.1. The molecule has 2 heteroatoms. The van der Waals surface area contributed by atoms with E-state index in [0.717, 1.165) is 105 Å². The van der Waals surface area contributed by atoms with Crippen LogP contribution in [0.2, 0.25) is 0 Å². The number of hydrogen-bond donors (Lipinski definition) is 0. The van der Waals surface area contributed by atoms with Gasteiger partial charge in [-0.25, -0.2) is 0 Å². The Hall–Kier alpha value is -12.9. The molecule has 460 valence electrons. The van der Waals surface area contributed by atoms with E-state index in [1.807, 2.05) is 12.2 Å². The summed E-state index contributed by atoms with van der Waals surface area (Å²) in [5, 5.41) is 23.4. The number of hydrogen-bond acceptors (Lipinski definition) is 2. The summed E-state index contributed by atoms with van der Waals surface area (Å²) in [5.41, 5.74) is 22.1. The van der Waals surface area contributed by atoms with Gasteiger partial charge in [0, 0.05) is 21.5 Å². The molecule has 0 fully saturated rings. The molecule has 2 nitrogen and oxygen atoms in total. The number of rotatable bonds is 9. The quantitative estimate of drug-likeness (QED) is 0.106. The lowest BCUT2D eigenvalue weighted by molar-refractivity contribution is 0.668. The van der Waals surface area contributed by atoms with Gasteiger partial charge in [-0.05, 0) is 249 Å². The molecule has 0 radical (unpaired) electrons. The summed E-state index contributed by atoms with van der Waals surface area (Å²) in [6.45, 7) is 6.09. The zero-order valence-electron chi connectivity index (χ0n) is 54.3. The van der Waals surface area contributed by atoms with Crippen molar-refractivity contribution in [1.82, 2.24) is 0 Å². The molecule has 0 N–H and O–H groups in total. The molecule has 2 aromatic heterocycles. The highest BCUT2D eigenvalue weighted by molar-refractivity contribution is 6.28. The maximum absolute atomic E-state index is 6.91. The molecule has 20 rings (SSSR count). The summed E-state index contributed by atoms with van der Waals surface area (Å²) in [5.74, 6) is 0. The van der Waals surface area contributed by atoms with Crippen molar-refractivity contribution in [3.63, 3.8) is 0 Å². The van der Waals surface area contributed by atoms with Crippen LogP contribution in [0.4, 0.5) is 0 Å². The Balaban J connectivity index is 0.853. The van der Waals surface area contributed by atoms with E-state index in [4.69, 9.17) is 8.83 Å². The van der Waals surface area contributed by atoms with Gasteiger partial charge >= 0.3 is 0 Å². The lowest BCUT2D eigenvalue weighted by Crippen LogP contribution is -1.94. The van der Waals surface area contributed by atoms with Crippen molar-refractivity contribution in [3.8, 4) is 77.9 Å². The Bertz CT molecular complexity index is 6870. The second-order valence-electron chi connectivity index (χ2n) is 26.6. The zero-order chi connectivity index (χ0) is 65.4. The largest absolute Gasteiger partial charge is 0.456 e. The van der Waals surface area contributed by atoms with E-state index in [1.54, 1.807) is 0 Å². The fourth-order valence-corrected chi connectivity index (χ4v) is 16.5. The van der Waals surface area contributed by atoms with Crippen molar-refractivity contribution < 1.29 is 8.83 Å². The minimum atomic E-state index is 0.849. The van der Waals surface area contributed by atoms with E-state index < -0.39 is 0 Å². The number of fused-ring (bicyclic) bond motifs is 14. The minimum Gasteiger partial charge on any atom is -0.456 e. The molecule has 0 aliphatic carbocycles.